The number of hydrogen-bond donors (Lipinski definition) is 5. The molecule has 16 heteroatoms. The van der Waals surface area contributed by atoms with E-state index in [2.05, 4.69) is 112 Å². The summed E-state index contributed by atoms with van der Waals surface area (Å²) >= 11 is 0. The van der Waals surface area contributed by atoms with Crippen LogP contribution in [0.25, 0.3) is 48.8 Å². The lowest BCUT2D eigenvalue weighted by Crippen LogP contribution is -3.00. The zero-order valence-electron chi connectivity index (χ0n) is 46.7. The van der Waals surface area contributed by atoms with Crippen molar-refractivity contribution in [3.63, 3.8) is 0 Å². The van der Waals surface area contributed by atoms with Crippen LogP contribution in [0.1, 0.15) is 76.3 Å². The van der Waals surface area contributed by atoms with E-state index < -0.39 is 17.5 Å². The number of Topliss-reactive ketones (excluding diaryl/α,β-unsaturated/α-hetero) is 1. The molecule has 81 heavy (non-hydrogen) atoms. The summed E-state index contributed by atoms with van der Waals surface area (Å²) in [4.78, 5) is 55.8. The highest BCUT2D eigenvalue weighted by molar-refractivity contribution is 5.96. The Hall–Kier alpha value is -8.02. The minimum atomic E-state index is -0.911. The standard InChI is InChI=1S/C18H21NO3.C15H15NO2.C14H12N2O.C11H11N.C7H12O4.ClH/c1-13-12-21-18(2,22-13)10-17(20)19-11-14-7-8-15-5-3-4-6-16(15)9-14;1-11(17)8-15(18)16-10-12-6-7-13-4-2-3-5-14(13)9-12;1-10-8-14(17)15-16(10)13-7-6-11-4-2-3-5-12(11)9-13;12-8-9-5-6-10-3-1-2-4-11(10)7-9;1-5-4-10-7(2,11-5)3-6(8)9;/h3-9,13H,10-12H2,1-2H3,(H,19,20);2-7,9H,8,10H2,1H3,(H,16,18);2-9H,1H3,(H,15,17);1-7H,8,12H2;5H,3-4H2,1-2H3,(H,8,9);1H. The molecule has 0 bridgehead atoms. The summed E-state index contributed by atoms with van der Waals surface area (Å²) in [5.74, 6) is -3.02. The number of carboxylic acid groups (broad SMARTS) is 1. The highest BCUT2D eigenvalue weighted by Crippen LogP contribution is 2.28. The Bertz CT molecular complexity index is 3640. The summed E-state index contributed by atoms with van der Waals surface area (Å²) in [5, 5.41) is 26.6. The number of aryl methyl sites for hydroxylation is 1. The number of aliphatic carboxylic acids is 1. The lowest BCUT2D eigenvalue weighted by atomic mass is 10.1. The van der Waals surface area contributed by atoms with Crippen molar-refractivity contribution in [2.75, 3.05) is 13.2 Å². The first kappa shape index (κ1) is 62.2. The molecular weight excluding hydrogens is 1050 g/mol. The van der Waals surface area contributed by atoms with Crippen molar-refractivity contribution in [1.82, 2.24) is 20.4 Å². The van der Waals surface area contributed by atoms with Gasteiger partial charge in [-0.25, -0.2) is 0 Å². The fraction of sp³-hybridized carbons (Fsp3) is 0.277. The fourth-order valence-corrected chi connectivity index (χ4v) is 9.24. The number of amides is 2. The SMILES string of the molecule is CC(=O)CC(=O)NCc1ccc2ccccc2c1.CC1COC(C)(CC(=O)NCc2ccc3ccccc3c2)O1.CC1COC(C)(CC(=O)O)O1.Cc1cc(=O)[nH]n1-c1ccc2ccccc2c1.[Cl-].[NH3+]Cc1ccc2ccccc2c1. The van der Waals surface area contributed by atoms with E-state index in [9.17, 15) is 24.0 Å². The first-order chi connectivity index (χ1) is 38.3. The van der Waals surface area contributed by atoms with Gasteiger partial charge in [0.05, 0.1) is 56.9 Å². The zero-order chi connectivity index (χ0) is 57.2. The number of hydrogen-bond acceptors (Lipinski definition) is 9. The summed E-state index contributed by atoms with van der Waals surface area (Å²) < 4.78 is 23.4. The van der Waals surface area contributed by atoms with Crippen LogP contribution in [0.2, 0.25) is 0 Å². The number of rotatable bonds is 12. The Labute approximate surface area is 478 Å². The van der Waals surface area contributed by atoms with Crippen molar-refractivity contribution < 1.29 is 61.4 Å². The van der Waals surface area contributed by atoms with Crippen molar-refractivity contribution in [1.29, 1.82) is 0 Å². The van der Waals surface area contributed by atoms with Crippen molar-refractivity contribution >= 4 is 66.7 Å². The number of nitrogens with zero attached hydrogens (tertiary/aromatic N) is 1. The average Bonchev–Trinajstić information content (AvgIpc) is 4.13. The quantitative estimate of drug-likeness (QED) is 0.0773. The maximum atomic E-state index is 12.1. The second kappa shape index (κ2) is 29.4. The predicted octanol–water partition coefficient (Wildman–Crippen LogP) is 7.26. The van der Waals surface area contributed by atoms with E-state index in [0.717, 1.165) is 34.4 Å². The van der Waals surface area contributed by atoms with Gasteiger partial charge in [0.1, 0.15) is 5.78 Å². The number of fused-ring (bicyclic) bond motifs is 4. The van der Waals surface area contributed by atoms with E-state index in [1.54, 1.807) is 17.7 Å². The summed E-state index contributed by atoms with van der Waals surface area (Å²) in [5.41, 5.74) is 9.09. The second-order valence-corrected chi connectivity index (χ2v) is 20.3. The monoisotopic (exact) mass is 1120 g/mol. The van der Waals surface area contributed by atoms with Crippen LogP contribution < -0.4 is 34.3 Å². The molecule has 9 aromatic rings. The molecule has 2 aliphatic heterocycles. The molecule has 0 aliphatic carbocycles. The predicted molar refractivity (Wildman–Crippen MR) is 313 cm³/mol. The summed E-state index contributed by atoms with van der Waals surface area (Å²) in [6.45, 7) is 13.4. The van der Waals surface area contributed by atoms with Crippen molar-refractivity contribution in [3.05, 3.63) is 209 Å². The largest absolute Gasteiger partial charge is 1.00 e. The van der Waals surface area contributed by atoms with Gasteiger partial charge in [0.15, 0.2) is 11.6 Å². The number of ether oxygens (including phenoxy) is 4. The minimum absolute atomic E-state index is 0. The molecule has 0 spiro atoms. The number of halogens is 1. The molecule has 8 aromatic carbocycles. The van der Waals surface area contributed by atoms with Gasteiger partial charge in [-0.05, 0) is 126 Å². The van der Waals surface area contributed by atoms with E-state index in [0.29, 0.717) is 26.3 Å². The first-order valence-electron chi connectivity index (χ1n) is 26.7. The third-order valence-corrected chi connectivity index (χ3v) is 13.1. The van der Waals surface area contributed by atoms with Crippen LogP contribution in [0.3, 0.4) is 0 Å². The number of nitrogens with one attached hydrogen (secondary N) is 3. The average molecular weight is 1120 g/mol. The Kier molecular flexibility index (Phi) is 22.6. The van der Waals surface area contributed by atoms with Gasteiger partial charge in [-0.1, -0.05) is 140 Å². The van der Waals surface area contributed by atoms with Gasteiger partial charge in [0.2, 0.25) is 11.8 Å². The molecule has 0 saturated carbocycles. The van der Waals surface area contributed by atoms with Crippen LogP contribution in [0.5, 0.6) is 0 Å². The Morgan fingerprint density at radius 1 is 0.580 bits per heavy atom. The number of carboxylic acids is 1. The van der Waals surface area contributed by atoms with E-state index in [1.807, 2.05) is 107 Å². The third kappa shape index (κ3) is 19.1. The summed E-state index contributed by atoms with van der Waals surface area (Å²) in [6.07, 6.45) is 0.105. The van der Waals surface area contributed by atoms with Gasteiger partial charge in [-0.3, -0.25) is 33.8 Å². The second-order valence-electron chi connectivity index (χ2n) is 20.3. The first-order valence-corrected chi connectivity index (χ1v) is 26.7. The van der Waals surface area contributed by atoms with E-state index in [1.165, 1.54) is 50.2 Å². The van der Waals surface area contributed by atoms with Crippen molar-refractivity contribution in [2.24, 2.45) is 0 Å². The third-order valence-electron chi connectivity index (χ3n) is 13.1. The minimum Gasteiger partial charge on any atom is -1.00 e. The highest BCUT2D eigenvalue weighted by Gasteiger charge is 2.38. The van der Waals surface area contributed by atoms with Gasteiger partial charge in [-0.15, -0.1) is 0 Å². The Balaban J connectivity index is 0.000000166. The normalized spacial score (nSPS) is 17.9. The number of benzene rings is 8. The van der Waals surface area contributed by atoms with Crippen molar-refractivity contribution in [3.8, 4) is 5.69 Å². The molecule has 11 rings (SSSR count). The number of aromatic amines is 1. The maximum absolute atomic E-state index is 12.1. The smallest absolute Gasteiger partial charge is 0.308 e. The fourth-order valence-electron chi connectivity index (χ4n) is 9.24. The van der Waals surface area contributed by atoms with E-state index in [-0.39, 0.29) is 67.0 Å². The molecule has 7 N–H and O–H groups in total. The number of ketones is 1. The molecule has 4 unspecified atom stereocenters. The van der Waals surface area contributed by atoms with E-state index >= 15 is 0 Å². The molecule has 2 amide bonds. The molecule has 4 atom stereocenters. The molecular formula is C65H72ClN5O10. The van der Waals surface area contributed by atoms with Crippen LogP contribution in [-0.4, -0.2) is 75.4 Å². The molecule has 0 radical (unpaired) electrons. The topological polar surface area (TPSA) is 215 Å². The van der Waals surface area contributed by atoms with E-state index in [4.69, 9.17) is 24.1 Å². The number of carbonyl (C=O) groups is 4. The van der Waals surface area contributed by atoms with Gasteiger partial charge in [0, 0.05) is 30.4 Å². The molecule has 424 valence electrons. The number of carbonyl (C=O) groups excluding carboxylic acids is 3. The zero-order valence-corrected chi connectivity index (χ0v) is 47.5. The van der Waals surface area contributed by atoms with Crippen LogP contribution >= 0.6 is 0 Å². The van der Waals surface area contributed by atoms with Crippen LogP contribution in [0, 0.1) is 6.92 Å². The van der Waals surface area contributed by atoms with Gasteiger partial charge in [-0.2, -0.15) is 0 Å². The number of quaternary nitrogens is 1. The van der Waals surface area contributed by atoms with Crippen molar-refractivity contribution in [2.45, 2.75) is 104 Å². The molecule has 2 aliphatic rings. The van der Waals surface area contributed by atoms with Gasteiger partial charge in [0.25, 0.3) is 5.56 Å². The van der Waals surface area contributed by atoms with Gasteiger partial charge < -0.3 is 52.8 Å². The maximum Gasteiger partial charge on any atom is 0.308 e. The van der Waals surface area contributed by atoms with Crippen LogP contribution in [0.4, 0.5) is 0 Å². The molecule has 1 aromatic heterocycles. The number of H-pyrrole nitrogens is 1. The molecule has 2 saturated heterocycles. The van der Waals surface area contributed by atoms with Crippen LogP contribution in [-0.2, 0) is 57.8 Å². The lowest BCUT2D eigenvalue weighted by molar-refractivity contribution is -0.386. The summed E-state index contributed by atoms with van der Waals surface area (Å²) in [6, 6.07) is 59.3. The lowest BCUT2D eigenvalue weighted by Gasteiger charge is -2.22. The number of aromatic nitrogens is 2. The molecule has 15 nitrogen and oxygen atoms in total. The summed E-state index contributed by atoms with van der Waals surface area (Å²) in [7, 11) is 0. The highest BCUT2D eigenvalue weighted by atomic mass is 35.5. The van der Waals surface area contributed by atoms with Gasteiger partial charge >= 0.3 is 5.97 Å². The Morgan fingerprint density at radius 2 is 0.975 bits per heavy atom. The molecule has 3 heterocycles. The van der Waals surface area contributed by atoms with Crippen LogP contribution in [0.15, 0.2) is 181 Å². The molecule has 2 fully saturated rings. The Morgan fingerprint density at radius 3 is 1.37 bits per heavy atom.